The van der Waals surface area contributed by atoms with Crippen molar-refractivity contribution < 1.29 is 41.7 Å². The van der Waals surface area contributed by atoms with Crippen LogP contribution in [-0.4, -0.2) is 67.9 Å². The van der Waals surface area contributed by atoms with Crippen molar-refractivity contribution in [2.45, 2.75) is 81.3 Å². The van der Waals surface area contributed by atoms with E-state index in [1.807, 2.05) is 60.7 Å². The minimum absolute atomic E-state index is 0.0492. The van der Waals surface area contributed by atoms with Crippen molar-refractivity contribution in [3.05, 3.63) is 118 Å². The number of anilines is 1. The molecule has 2 N–H and O–H groups in total. The van der Waals surface area contributed by atoms with E-state index >= 15 is 0 Å². The summed E-state index contributed by atoms with van der Waals surface area (Å²) in [4.78, 5) is 43.9. The molecule has 8 rings (SSSR count). The van der Waals surface area contributed by atoms with Gasteiger partial charge in [0.25, 0.3) is 10.0 Å². The molecule has 63 heavy (non-hydrogen) atoms. The van der Waals surface area contributed by atoms with Gasteiger partial charge in [-0.1, -0.05) is 72.7 Å². The van der Waals surface area contributed by atoms with Crippen LogP contribution in [0.25, 0.3) is 11.1 Å². The van der Waals surface area contributed by atoms with Crippen LogP contribution in [0.3, 0.4) is 0 Å². The number of carbonyl (C=O) groups is 3. The molecule has 4 aromatic carbocycles. The second-order valence-electron chi connectivity index (χ2n) is 16.0. The first-order valence-electron chi connectivity index (χ1n) is 20.8. The number of amides is 2. The summed E-state index contributed by atoms with van der Waals surface area (Å²) >= 11 is 0.793. The van der Waals surface area contributed by atoms with Gasteiger partial charge in [0.05, 0.1) is 31.0 Å². The Bertz CT molecular complexity index is 2660. The molecule has 2 aliphatic heterocycles. The zero-order chi connectivity index (χ0) is 44.3. The summed E-state index contributed by atoms with van der Waals surface area (Å²) in [5, 5.41) is 14.6. The molecule has 2 amide bonds. The maximum absolute atomic E-state index is 14.7. The number of sulfonamides is 1. The van der Waals surface area contributed by atoms with Gasteiger partial charge in [0.15, 0.2) is 26.9 Å². The number of nitriles is 1. The summed E-state index contributed by atoms with van der Waals surface area (Å²) < 4.78 is 54.2. The molecule has 1 aliphatic carbocycles. The quantitative estimate of drug-likeness (QED) is 0.116. The molecule has 3 aliphatic rings. The number of thiazole rings is 1. The van der Waals surface area contributed by atoms with Crippen LogP contribution in [0.15, 0.2) is 89.1 Å². The molecule has 1 fully saturated rings. The van der Waals surface area contributed by atoms with E-state index in [9.17, 15) is 22.8 Å². The van der Waals surface area contributed by atoms with Crippen molar-refractivity contribution in [1.82, 2.24) is 14.6 Å². The molecule has 16 heteroatoms. The number of aryl methyl sites for hydroxylation is 1. The van der Waals surface area contributed by atoms with Gasteiger partial charge in [0.2, 0.25) is 11.8 Å². The Morgan fingerprint density at radius 1 is 0.968 bits per heavy atom. The van der Waals surface area contributed by atoms with Crippen molar-refractivity contribution in [2.24, 2.45) is 5.92 Å². The highest BCUT2D eigenvalue weighted by atomic mass is 32.2. The maximum atomic E-state index is 14.7. The number of hydrogen-bond donors (Lipinski definition) is 2. The molecule has 3 atom stereocenters. The number of carbonyl (C=O) groups excluding carboxylic acids is 3. The van der Waals surface area contributed by atoms with Crippen LogP contribution in [-0.2, 0) is 48.5 Å². The molecule has 1 unspecified atom stereocenters. The monoisotopic (exact) mass is 889 g/mol. The first kappa shape index (κ1) is 43.4. The van der Waals surface area contributed by atoms with Crippen LogP contribution < -0.4 is 24.8 Å². The molecule has 5 aromatic rings. The lowest BCUT2D eigenvalue weighted by Gasteiger charge is -2.36. The van der Waals surface area contributed by atoms with Gasteiger partial charge in [0, 0.05) is 19.9 Å². The van der Waals surface area contributed by atoms with Crippen molar-refractivity contribution in [2.75, 3.05) is 25.6 Å². The highest BCUT2D eigenvalue weighted by molar-refractivity contribution is 7.91. The van der Waals surface area contributed by atoms with E-state index in [2.05, 4.69) is 21.7 Å². The fourth-order valence-electron chi connectivity index (χ4n) is 8.28. The third kappa shape index (κ3) is 9.70. The van der Waals surface area contributed by atoms with Crippen LogP contribution in [0.5, 0.6) is 17.2 Å². The van der Waals surface area contributed by atoms with Crippen molar-refractivity contribution in [3.8, 4) is 34.4 Å². The minimum atomic E-state index is -4.43. The summed E-state index contributed by atoms with van der Waals surface area (Å²) in [6.45, 7) is 3.55. The molecule has 3 heterocycles. The van der Waals surface area contributed by atoms with E-state index in [4.69, 9.17) is 24.2 Å². The molecule has 326 valence electrons. The van der Waals surface area contributed by atoms with Gasteiger partial charge in [-0.3, -0.25) is 9.59 Å². The van der Waals surface area contributed by atoms with Crippen LogP contribution in [0.2, 0.25) is 0 Å². The molecule has 0 spiro atoms. The van der Waals surface area contributed by atoms with Gasteiger partial charge in [-0.25, -0.2) is 18.2 Å². The van der Waals surface area contributed by atoms with Crippen LogP contribution in [0.4, 0.5) is 5.13 Å². The normalized spacial score (nSPS) is 17.8. The SMILES string of the molecule is COC(=O)C(Cc1ccc(-c2ccc(C#N)cc2)cc1)NC(=O)[C@@H]1Cc2cc3c(cc2CN1S(=O)(=O)c1sc(NC(C)=O)nc1C)O[C@@H](c1ccc(OCC2CCCC2)cc1)CO3. The van der Waals surface area contributed by atoms with Gasteiger partial charge >= 0.3 is 5.97 Å². The van der Waals surface area contributed by atoms with Crippen molar-refractivity contribution >= 4 is 44.3 Å². The van der Waals surface area contributed by atoms with Crippen LogP contribution in [0, 0.1) is 24.2 Å². The fourth-order valence-corrected chi connectivity index (χ4v) is 11.4. The Hall–Kier alpha value is -6.28. The minimum Gasteiger partial charge on any atom is -0.493 e. The van der Waals surface area contributed by atoms with Gasteiger partial charge in [-0.05, 0) is 102 Å². The topological polar surface area (TPSA) is 186 Å². The number of nitrogens with zero attached hydrogens (tertiary/aromatic N) is 3. The second kappa shape index (κ2) is 18.6. The number of benzene rings is 4. The average molecular weight is 890 g/mol. The zero-order valence-electron chi connectivity index (χ0n) is 35.1. The summed E-state index contributed by atoms with van der Waals surface area (Å²) in [6, 6.07) is 25.6. The van der Waals surface area contributed by atoms with E-state index in [1.165, 1.54) is 46.6 Å². The van der Waals surface area contributed by atoms with E-state index < -0.39 is 46.0 Å². The number of ether oxygens (including phenoxy) is 4. The average Bonchev–Trinajstić information content (AvgIpc) is 3.96. The lowest BCUT2D eigenvalue weighted by molar-refractivity contribution is -0.145. The Kier molecular flexibility index (Phi) is 12.8. The fraction of sp³-hybridized carbons (Fsp3) is 0.340. The molecule has 1 aromatic heterocycles. The van der Waals surface area contributed by atoms with Gasteiger partial charge in [-0.15, -0.1) is 0 Å². The number of esters is 1. The number of nitrogens with one attached hydrogen (secondary N) is 2. The number of aromatic nitrogens is 1. The van der Waals surface area contributed by atoms with E-state index in [0.29, 0.717) is 40.7 Å². The highest BCUT2D eigenvalue weighted by Gasteiger charge is 2.43. The molecular formula is C47H47N5O9S2. The number of hydrogen-bond acceptors (Lipinski definition) is 12. The molecule has 14 nitrogen and oxygen atoms in total. The molecule has 1 saturated carbocycles. The highest BCUT2D eigenvalue weighted by Crippen LogP contribution is 2.42. The molecule has 0 radical (unpaired) electrons. The first-order valence-corrected chi connectivity index (χ1v) is 23.1. The predicted octanol–water partition coefficient (Wildman–Crippen LogP) is 7.05. The Balaban J connectivity index is 1.04. The number of rotatable bonds is 13. The Morgan fingerprint density at radius 3 is 2.32 bits per heavy atom. The summed E-state index contributed by atoms with van der Waals surface area (Å²) in [5.41, 5.74) is 5.40. The maximum Gasteiger partial charge on any atom is 0.328 e. The number of fused-ring (bicyclic) bond motifs is 2. The first-order chi connectivity index (χ1) is 30.4. The predicted molar refractivity (Wildman–Crippen MR) is 235 cm³/mol. The van der Waals surface area contributed by atoms with E-state index in [-0.39, 0.29) is 41.0 Å². The van der Waals surface area contributed by atoms with Gasteiger partial charge < -0.3 is 29.6 Å². The summed E-state index contributed by atoms with van der Waals surface area (Å²) in [6.07, 6.45) is 4.49. The van der Waals surface area contributed by atoms with Gasteiger partial charge in [0.1, 0.15) is 24.4 Å². The standard InChI is InChI=1S/C47H47N5O9S2/c1-28-46(62-47(49-28)50-29(2)53)63(56,57)52-25-37-23-42-41(60-27-43(61-42)35-16-18-38(19-17-35)59-26-32-6-4-5-7-32)22-36(37)21-40(52)44(54)51-39(45(55)58-3)20-30-8-12-33(13-9-30)34-14-10-31(24-48)11-15-34/h8-19,22-23,32,39-40,43H,4-7,20-21,25-27H2,1-3H3,(H,51,54)(H,49,50,53)/t39?,40-,43+/m0/s1. The van der Waals surface area contributed by atoms with Crippen LogP contribution in [0.1, 0.15) is 72.2 Å². The van der Waals surface area contributed by atoms with E-state index in [0.717, 1.165) is 43.6 Å². The smallest absolute Gasteiger partial charge is 0.328 e. The number of methoxy groups -OCH3 is 1. The third-order valence-electron chi connectivity index (χ3n) is 11.7. The lowest BCUT2D eigenvalue weighted by Crippen LogP contribution is -2.56. The largest absolute Gasteiger partial charge is 0.493 e. The summed E-state index contributed by atoms with van der Waals surface area (Å²) in [7, 11) is -3.21. The Morgan fingerprint density at radius 2 is 1.65 bits per heavy atom. The lowest BCUT2D eigenvalue weighted by atomic mass is 9.93. The van der Waals surface area contributed by atoms with Crippen LogP contribution >= 0.6 is 11.3 Å². The second-order valence-corrected chi connectivity index (χ2v) is 19.1. The van der Waals surface area contributed by atoms with Crippen molar-refractivity contribution in [1.29, 1.82) is 5.26 Å². The van der Waals surface area contributed by atoms with E-state index in [1.54, 1.807) is 24.3 Å². The molecule has 0 saturated heterocycles. The summed E-state index contributed by atoms with van der Waals surface area (Å²) in [5.74, 6) is 0.469. The third-order valence-corrected chi connectivity index (χ3v) is 15.2. The molecular weight excluding hydrogens is 843 g/mol. The van der Waals surface area contributed by atoms with Crippen molar-refractivity contribution in [3.63, 3.8) is 0 Å². The zero-order valence-corrected chi connectivity index (χ0v) is 36.7. The molecule has 0 bridgehead atoms. The Labute approximate surface area is 370 Å². The van der Waals surface area contributed by atoms with Gasteiger partial charge in [-0.2, -0.15) is 9.57 Å².